The second kappa shape index (κ2) is 6.33. The molecule has 2 aromatic heterocycles. The Kier molecular flexibility index (Phi) is 4.24. The van der Waals surface area contributed by atoms with Gasteiger partial charge in [-0.3, -0.25) is 9.59 Å². The maximum atomic E-state index is 12.2. The highest BCUT2D eigenvalue weighted by molar-refractivity contribution is 7.07. The first-order chi connectivity index (χ1) is 11.1. The van der Waals surface area contributed by atoms with Crippen molar-refractivity contribution in [1.29, 1.82) is 0 Å². The molecule has 3 rings (SSSR count). The molecule has 120 valence electrons. The van der Waals surface area contributed by atoms with Crippen LogP contribution in [-0.4, -0.2) is 39.7 Å². The Hall–Kier alpha value is -2.48. The van der Waals surface area contributed by atoms with Gasteiger partial charge in [-0.2, -0.15) is 5.10 Å². The molecule has 0 radical (unpaired) electrons. The fraction of sp³-hybridized carbons (Fsp3) is 0.333. The summed E-state index contributed by atoms with van der Waals surface area (Å²) < 4.78 is 1.43. The van der Waals surface area contributed by atoms with Crippen LogP contribution in [0, 0.1) is 5.41 Å². The molecule has 8 heteroatoms. The minimum atomic E-state index is -0.195. The van der Waals surface area contributed by atoms with Crippen molar-refractivity contribution in [2.75, 3.05) is 13.1 Å². The minimum absolute atomic E-state index is 0.0552. The number of nitrogens with one attached hydrogen (secondary N) is 2. The standard InChI is InChI=1S/C15H17N5O2S/c1-2-20-12(3-6-19-20)14(22)17-9-15(4-5-15)8-16-13(21)11-7-23-10-18-11/h2-3,6-7,10H,1,4-5,8-9H2,(H,16,21)(H,17,22). The van der Waals surface area contributed by atoms with Crippen molar-refractivity contribution >= 4 is 29.4 Å². The van der Waals surface area contributed by atoms with Gasteiger partial charge < -0.3 is 10.6 Å². The van der Waals surface area contributed by atoms with Crippen LogP contribution in [-0.2, 0) is 0 Å². The highest BCUT2D eigenvalue weighted by Crippen LogP contribution is 2.44. The number of thiazole rings is 1. The third-order valence-corrected chi connectivity index (χ3v) is 4.53. The van der Waals surface area contributed by atoms with E-state index in [1.54, 1.807) is 23.2 Å². The van der Waals surface area contributed by atoms with E-state index in [9.17, 15) is 9.59 Å². The van der Waals surface area contributed by atoms with Crippen LogP contribution >= 0.6 is 11.3 Å². The number of aromatic nitrogens is 3. The lowest BCUT2D eigenvalue weighted by Gasteiger charge is -2.16. The maximum Gasteiger partial charge on any atom is 0.270 e. The first kappa shape index (κ1) is 15.4. The van der Waals surface area contributed by atoms with Crippen molar-refractivity contribution in [3.05, 3.63) is 41.1 Å². The number of hydrogen-bond donors (Lipinski definition) is 2. The van der Waals surface area contributed by atoms with Gasteiger partial charge in [-0.1, -0.05) is 6.58 Å². The van der Waals surface area contributed by atoms with Gasteiger partial charge in [0.15, 0.2) is 0 Å². The number of hydrogen-bond acceptors (Lipinski definition) is 5. The zero-order valence-corrected chi connectivity index (χ0v) is 13.3. The quantitative estimate of drug-likeness (QED) is 0.802. The molecule has 0 unspecified atom stereocenters. The van der Waals surface area contributed by atoms with Crippen LogP contribution < -0.4 is 10.6 Å². The summed E-state index contributed by atoms with van der Waals surface area (Å²) in [7, 11) is 0. The molecular weight excluding hydrogens is 314 g/mol. The third-order valence-electron chi connectivity index (χ3n) is 3.95. The van der Waals surface area contributed by atoms with Gasteiger partial charge in [-0.25, -0.2) is 9.67 Å². The van der Waals surface area contributed by atoms with E-state index in [1.807, 2.05) is 0 Å². The Bertz CT molecular complexity index is 718. The lowest BCUT2D eigenvalue weighted by Crippen LogP contribution is -2.38. The summed E-state index contributed by atoms with van der Waals surface area (Å²) in [5, 5.41) is 11.5. The zero-order chi connectivity index (χ0) is 16.3. The van der Waals surface area contributed by atoms with E-state index in [1.165, 1.54) is 22.2 Å². The van der Waals surface area contributed by atoms with Crippen LogP contribution in [0.5, 0.6) is 0 Å². The molecule has 0 bridgehead atoms. The molecule has 2 aromatic rings. The van der Waals surface area contributed by atoms with Gasteiger partial charge in [-0.15, -0.1) is 11.3 Å². The SMILES string of the molecule is C=Cn1nccc1C(=O)NCC1(CNC(=O)c2cscn2)CC1. The van der Waals surface area contributed by atoms with Crippen LogP contribution in [0.3, 0.4) is 0 Å². The average Bonchev–Trinajstić information content (AvgIpc) is 2.99. The van der Waals surface area contributed by atoms with Crippen LogP contribution in [0.4, 0.5) is 0 Å². The monoisotopic (exact) mass is 331 g/mol. The van der Waals surface area contributed by atoms with Crippen LogP contribution in [0.1, 0.15) is 33.8 Å². The van der Waals surface area contributed by atoms with Crippen molar-refractivity contribution in [1.82, 2.24) is 25.4 Å². The number of carbonyl (C=O) groups excluding carboxylic acids is 2. The molecule has 7 nitrogen and oxygen atoms in total. The van der Waals surface area contributed by atoms with Crippen LogP contribution in [0.2, 0.25) is 0 Å². The third kappa shape index (κ3) is 3.48. The summed E-state index contributed by atoms with van der Waals surface area (Å²) >= 11 is 1.39. The molecule has 2 amide bonds. The van der Waals surface area contributed by atoms with Gasteiger partial charge in [0, 0.05) is 30.1 Å². The molecule has 0 spiro atoms. The molecule has 1 fully saturated rings. The lowest BCUT2D eigenvalue weighted by atomic mass is 10.1. The molecule has 2 N–H and O–H groups in total. The summed E-state index contributed by atoms with van der Waals surface area (Å²) in [6.45, 7) is 4.66. The minimum Gasteiger partial charge on any atom is -0.350 e. The summed E-state index contributed by atoms with van der Waals surface area (Å²) in [6.07, 6.45) is 4.99. The van der Waals surface area contributed by atoms with Crippen molar-refractivity contribution in [3.63, 3.8) is 0 Å². The van der Waals surface area contributed by atoms with Gasteiger partial charge in [0.1, 0.15) is 11.4 Å². The molecule has 0 aromatic carbocycles. The fourth-order valence-corrected chi connectivity index (χ4v) is 2.81. The first-order valence-electron chi connectivity index (χ1n) is 7.24. The molecule has 0 atom stereocenters. The molecule has 0 aliphatic heterocycles. The predicted octanol–water partition coefficient (Wildman–Crippen LogP) is 1.38. The van der Waals surface area contributed by atoms with E-state index in [-0.39, 0.29) is 17.2 Å². The highest BCUT2D eigenvalue weighted by Gasteiger charge is 2.43. The molecule has 1 aliphatic carbocycles. The van der Waals surface area contributed by atoms with E-state index in [0.717, 1.165) is 12.8 Å². The molecular formula is C15H17N5O2S. The van der Waals surface area contributed by atoms with Gasteiger partial charge >= 0.3 is 0 Å². The summed E-state index contributed by atoms with van der Waals surface area (Å²) in [4.78, 5) is 28.1. The highest BCUT2D eigenvalue weighted by atomic mass is 32.1. The van der Waals surface area contributed by atoms with E-state index < -0.39 is 0 Å². The summed E-state index contributed by atoms with van der Waals surface area (Å²) in [5.74, 6) is -0.368. The molecule has 2 heterocycles. The zero-order valence-electron chi connectivity index (χ0n) is 12.5. The van der Waals surface area contributed by atoms with Crippen LogP contribution in [0.15, 0.2) is 29.7 Å². The summed E-state index contributed by atoms with van der Waals surface area (Å²) in [6, 6.07) is 1.64. The van der Waals surface area contributed by atoms with E-state index >= 15 is 0 Å². The van der Waals surface area contributed by atoms with Gasteiger partial charge in [-0.05, 0) is 18.9 Å². The number of carbonyl (C=O) groups is 2. The van der Waals surface area contributed by atoms with E-state index in [0.29, 0.717) is 24.5 Å². The van der Waals surface area contributed by atoms with Gasteiger partial charge in [0.25, 0.3) is 11.8 Å². The van der Waals surface area contributed by atoms with E-state index in [2.05, 4.69) is 27.3 Å². The largest absolute Gasteiger partial charge is 0.350 e. The molecule has 1 saturated carbocycles. The molecule has 23 heavy (non-hydrogen) atoms. The van der Waals surface area contributed by atoms with E-state index in [4.69, 9.17) is 0 Å². The maximum absolute atomic E-state index is 12.2. The van der Waals surface area contributed by atoms with Crippen molar-refractivity contribution in [2.45, 2.75) is 12.8 Å². The fourth-order valence-electron chi connectivity index (χ4n) is 2.27. The Balaban J connectivity index is 1.51. The summed E-state index contributed by atoms with van der Waals surface area (Å²) in [5.41, 5.74) is 2.46. The lowest BCUT2D eigenvalue weighted by molar-refractivity contribution is 0.0929. The van der Waals surface area contributed by atoms with Gasteiger partial charge in [0.2, 0.25) is 0 Å². The normalized spacial score (nSPS) is 15.0. The average molecular weight is 331 g/mol. The Morgan fingerprint density at radius 2 is 2.09 bits per heavy atom. The number of nitrogens with zero attached hydrogens (tertiary/aromatic N) is 3. The van der Waals surface area contributed by atoms with Crippen LogP contribution in [0.25, 0.3) is 6.20 Å². The van der Waals surface area contributed by atoms with Crippen molar-refractivity contribution < 1.29 is 9.59 Å². The second-order valence-electron chi connectivity index (χ2n) is 5.58. The molecule has 1 aliphatic rings. The van der Waals surface area contributed by atoms with Crippen molar-refractivity contribution in [2.24, 2.45) is 5.41 Å². The topological polar surface area (TPSA) is 88.9 Å². The Morgan fingerprint density at radius 3 is 2.70 bits per heavy atom. The predicted molar refractivity (Wildman–Crippen MR) is 87.1 cm³/mol. The Morgan fingerprint density at radius 1 is 1.35 bits per heavy atom. The van der Waals surface area contributed by atoms with Crippen molar-refractivity contribution in [3.8, 4) is 0 Å². The smallest absolute Gasteiger partial charge is 0.270 e. The molecule has 0 saturated heterocycles. The number of amides is 2. The second-order valence-corrected chi connectivity index (χ2v) is 6.30. The first-order valence-corrected chi connectivity index (χ1v) is 8.18. The van der Waals surface area contributed by atoms with Gasteiger partial charge in [0.05, 0.1) is 11.7 Å². The Labute approximate surface area is 137 Å². The number of rotatable bonds is 7.